The number of anilines is 5. The highest BCUT2D eigenvalue weighted by Crippen LogP contribution is 2.33. The summed E-state index contributed by atoms with van der Waals surface area (Å²) in [6, 6.07) is 9.70. The van der Waals surface area contributed by atoms with Gasteiger partial charge in [0.05, 0.1) is 23.5 Å². The fraction of sp³-hybridized carbons (Fsp3) is 0.148. The highest BCUT2D eigenvalue weighted by molar-refractivity contribution is 7.73. The predicted octanol–water partition coefficient (Wildman–Crippen LogP) is 6.71. The van der Waals surface area contributed by atoms with Gasteiger partial charge in [0.15, 0.2) is 0 Å². The van der Waals surface area contributed by atoms with Gasteiger partial charge in [0.25, 0.3) is 0 Å². The fourth-order valence-corrected chi connectivity index (χ4v) is 4.07. The molecule has 0 bridgehead atoms. The van der Waals surface area contributed by atoms with Crippen LogP contribution in [0.3, 0.4) is 0 Å². The minimum absolute atomic E-state index is 0.133. The van der Waals surface area contributed by atoms with Crippen molar-refractivity contribution in [3.63, 3.8) is 0 Å². The van der Waals surface area contributed by atoms with Crippen molar-refractivity contribution < 1.29 is 36.1 Å². The number of hydrogen-bond donors (Lipinski definition) is 6. The van der Waals surface area contributed by atoms with Gasteiger partial charge in [0.2, 0.25) is 5.95 Å². The second kappa shape index (κ2) is 13.0. The average molecular weight is 621 g/mol. The quantitative estimate of drug-likeness (QED) is 0.0899. The number of rotatable bonds is 9. The van der Waals surface area contributed by atoms with Crippen molar-refractivity contribution in [1.29, 1.82) is 4.78 Å². The van der Waals surface area contributed by atoms with E-state index in [2.05, 4.69) is 25.9 Å². The van der Waals surface area contributed by atoms with Crippen molar-refractivity contribution >= 4 is 45.5 Å². The molecule has 10 nitrogen and oxygen atoms in total. The Balaban J connectivity index is 1.55. The lowest BCUT2D eigenvalue weighted by Gasteiger charge is -2.17. The van der Waals surface area contributed by atoms with Gasteiger partial charge in [-0.05, 0) is 55.0 Å². The van der Waals surface area contributed by atoms with Gasteiger partial charge in [-0.15, -0.1) is 0 Å². The van der Waals surface area contributed by atoms with Crippen molar-refractivity contribution in [3.05, 3.63) is 84.1 Å². The largest absolute Gasteiger partial charge is 0.440 e. The molecule has 1 atom stereocenters. The Hall–Kier alpha value is -4.83. The van der Waals surface area contributed by atoms with Crippen molar-refractivity contribution in [2.75, 3.05) is 27.9 Å². The summed E-state index contributed by atoms with van der Waals surface area (Å²) in [6.07, 6.45) is -3.38. The van der Waals surface area contributed by atoms with Gasteiger partial charge >= 0.3 is 12.2 Å². The molecule has 0 fully saturated rings. The van der Waals surface area contributed by atoms with E-state index in [1.807, 2.05) is 5.32 Å². The Morgan fingerprint density at radius 3 is 2.33 bits per heavy atom. The summed E-state index contributed by atoms with van der Waals surface area (Å²) in [6.45, 7) is 1.43. The number of aliphatic hydroxyl groups is 1. The van der Waals surface area contributed by atoms with Crippen LogP contribution in [-0.2, 0) is 21.0 Å². The van der Waals surface area contributed by atoms with Crippen molar-refractivity contribution in [2.24, 2.45) is 0 Å². The first-order chi connectivity index (χ1) is 20.3. The Morgan fingerprint density at radius 1 is 1.00 bits per heavy atom. The van der Waals surface area contributed by atoms with E-state index in [1.54, 1.807) is 19.1 Å². The summed E-state index contributed by atoms with van der Waals surface area (Å²) in [5.74, 6) is -1.68. The minimum Gasteiger partial charge on any atom is -0.440 e. The highest BCUT2D eigenvalue weighted by atomic mass is 32.2. The molecule has 16 heteroatoms. The number of aliphatic hydroxyl groups excluding tert-OH is 1. The van der Waals surface area contributed by atoms with E-state index >= 15 is 4.39 Å². The predicted molar refractivity (Wildman–Crippen MR) is 150 cm³/mol. The maximum absolute atomic E-state index is 15.0. The number of alkyl halides is 3. The van der Waals surface area contributed by atoms with Gasteiger partial charge in [-0.25, -0.2) is 18.6 Å². The molecule has 0 spiro atoms. The van der Waals surface area contributed by atoms with Crippen LogP contribution < -0.4 is 21.3 Å². The molecule has 0 saturated carbocycles. The number of carbonyl (C=O) groups is 1. The van der Waals surface area contributed by atoms with Crippen molar-refractivity contribution in [2.45, 2.75) is 24.0 Å². The fourth-order valence-electron chi connectivity index (χ4n) is 3.69. The molecule has 0 aliphatic heterocycles. The summed E-state index contributed by atoms with van der Waals surface area (Å²) < 4.78 is 86.4. The Kier molecular flexibility index (Phi) is 9.40. The third-order valence-electron chi connectivity index (χ3n) is 5.84. The minimum atomic E-state index is -4.76. The first-order valence-corrected chi connectivity index (χ1v) is 13.5. The van der Waals surface area contributed by atoms with Crippen LogP contribution in [0.5, 0.6) is 0 Å². The number of halogens is 5. The average Bonchev–Trinajstić information content (AvgIpc) is 2.95. The molecule has 6 N–H and O–H groups in total. The third kappa shape index (κ3) is 7.92. The maximum atomic E-state index is 15.0. The molecule has 0 aliphatic carbocycles. The number of amides is 2. The first-order valence-electron chi connectivity index (χ1n) is 12.3. The summed E-state index contributed by atoms with van der Waals surface area (Å²) in [4.78, 5) is 21.3. The van der Waals surface area contributed by atoms with Crippen molar-refractivity contribution in [1.82, 2.24) is 9.97 Å². The Morgan fingerprint density at radius 2 is 1.70 bits per heavy atom. The lowest BCUT2D eigenvalue weighted by Crippen LogP contribution is -2.21. The van der Waals surface area contributed by atoms with Crippen LogP contribution in [0.4, 0.5) is 55.6 Å². The standard InChI is InChI=1S/C27H23F5N7O3S/c1-14(13-40)35-24-19(12-34-25(39-24)36-17-4-6-18(7-5-17)43(33)42)15-2-9-22(21(29)10-15)37-26(41)38-23-11-16(27(30,31)32)3-8-20(23)28/h2-12,14,33,40H,13H2,1H3,(H2,37,38,41)(H2,34,35,36,39)/q-1. The molecule has 4 rings (SSSR count). The van der Waals surface area contributed by atoms with E-state index in [1.165, 1.54) is 30.5 Å². The van der Waals surface area contributed by atoms with E-state index in [-0.39, 0.29) is 29.6 Å². The monoisotopic (exact) mass is 620 g/mol. The number of urea groups is 1. The topological polar surface area (TPSA) is 152 Å². The van der Waals surface area contributed by atoms with E-state index < -0.39 is 51.7 Å². The molecule has 4 aromatic rings. The van der Waals surface area contributed by atoms with Gasteiger partial charge in [0.1, 0.15) is 17.5 Å². The molecule has 1 heterocycles. The number of aromatic nitrogens is 2. The summed E-state index contributed by atoms with van der Waals surface area (Å²) in [5, 5.41) is 19.6. The van der Waals surface area contributed by atoms with Gasteiger partial charge < -0.3 is 35.4 Å². The number of carbonyl (C=O) groups excluding carboxylic acids is 1. The van der Waals surface area contributed by atoms with Crippen molar-refractivity contribution in [3.8, 4) is 11.1 Å². The zero-order valence-electron chi connectivity index (χ0n) is 22.1. The molecule has 43 heavy (non-hydrogen) atoms. The van der Waals surface area contributed by atoms with E-state index in [4.69, 9.17) is 4.78 Å². The number of hydrogen-bond acceptors (Lipinski definition) is 9. The molecule has 1 unspecified atom stereocenters. The molecular weight excluding hydrogens is 597 g/mol. The molecule has 226 valence electrons. The molecule has 0 radical (unpaired) electrons. The first kappa shape index (κ1) is 31.1. The van der Waals surface area contributed by atoms with E-state index in [0.29, 0.717) is 34.3 Å². The van der Waals surface area contributed by atoms with Gasteiger partial charge in [-0.3, -0.25) is 0 Å². The van der Waals surface area contributed by atoms with Crippen LogP contribution in [0, 0.1) is 16.4 Å². The number of nitrogens with zero attached hydrogens (tertiary/aromatic N) is 2. The van der Waals surface area contributed by atoms with E-state index in [9.17, 15) is 31.7 Å². The molecule has 2 amide bonds. The molecule has 1 aromatic heterocycles. The SMILES string of the molecule is CC(CO)Nc1nc(Nc2ccc([S-](=N)=O)cc2)ncc1-c1ccc(NC(=O)Nc2cc(C(F)(F)F)ccc2F)c(F)c1. The zero-order chi connectivity index (χ0) is 31.3. The van der Waals surface area contributed by atoms with Crippen LogP contribution >= 0.6 is 0 Å². The summed E-state index contributed by atoms with van der Waals surface area (Å²) in [5.41, 5.74) is -1.13. The Bertz CT molecular complexity index is 1710. The summed E-state index contributed by atoms with van der Waals surface area (Å²) in [7, 11) is -1.89. The molecule has 0 aliphatic rings. The molecule has 0 saturated heterocycles. The maximum Gasteiger partial charge on any atom is 0.416 e. The molecular formula is C27H23F5N7O3S-. The van der Waals surface area contributed by atoms with Crippen LogP contribution in [-0.4, -0.2) is 33.8 Å². The van der Waals surface area contributed by atoms with Crippen LogP contribution in [0.25, 0.3) is 11.1 Å². The van der Waals surface area contributed by atoms with Gasteiger partial charge in [-0.1, -0.05) is 23.1 Å². The smallest absolute Gasteiger partial charge is 0.416 e. The lowest BCUT2D eigenvalue weighted by molar-refractivity contribution is -0.137. The lowest BCUT2D eigenvalue weighted by atomic mass is 10.1. The van der Waals surface area contributed by atoms with Crippen LogP contribution in [0.1, 0.15) is 12.5 Å². The van der Waals surface area contributed by atoms with Gasteiger partial charge in [0, 0.05) is 23.5 Å². The van der Waals surface area contributed by atoms with Crippen LogP contribution in [0.2, 0.25) is 0 Å². The highest BCUT2D eigenvalue weighted by Gasteiger charge is 2.31. The number of nitrogens with one attached hydrogen (secondary N) is 5. The Labute approximate surface area is 243 Å². The normalized spacial score (nSPS) is 12.1. The molecule has 3 aromatic carbocycles. The second-order valence-electron chi connectivity index (χ2n) is 9.07. The third-order valence-corrected chi connectivity index (χ3v) is 6.54. The summed E-state index contributed by atoms with van der Waals surface area (Å²) >= 11 is 0. The van der Waals surface area contributed by atoms with E-state index in [0.717, 1.165) is 6.07 Å². The second-order valence-corrected chi connectivity index (χ2v) is 10.1. The number of benzene rings is 3. The van der Waals surface area contributed by atoms with Gasteiger partial charge in [-0.2, -0.15) is 28.8 Å². The van der Waals surface area contributed by atoms with Crippen LogP contribution in [0.15, 0.2) is 71.8 Å². The zero-order valence-corrected chi connectivity index (χ0v) is 22.9.